The summed E-state index contributed by atoms with van der Waals surface area (Å²) < 4.78 is 0. The molecular weight excluding hydrogens is 251 g/mol. The molecule has 0 saturated carbocycles. The van der Waals surface area contributed by atoms with Gasteiger partial charge in [-0.2, -0.15) is 0 Å². The molecule has 2 N–H and O–H groups in total. The highest BCUT2D eigenvalue weighted by Gasteiger charge is 2.34. The zero-order chi connectivity index (χ0) is 11.9. The summed E-state index contributed by atoms with van der Waals surface area (Å²) >= 11 is 11.5. The van der Waals surface area contributed by atoms with Crippen molar-refractivity contribution >= 4 is 29.1 Å². The summed E-state index contributed by atoms with van der Waals surface area (Å²) in [5.41, 5.74) is -0.441. The monoisotopic (exact) mass is 262 g/mol. The number of nitrogens with one attached hydrogen (secondary N) is 1. The van der Waals surface area contributed by atoms with Crippen LogP contribution in [-0.4, -0.2) is 39.6 Å². The molecule has 0 aliphatic carbocycles. The standard InChI is InChI=1S/C10H12Cl2N2O2/c1-10(16)2-3-14(5-10)9(15)7-4-6(11)8(12)13-7/h4,13,16H,2-3,5H2,1H3. The molecule has 1 saturated heterocycles. The molecule has 1 atom stereocenters. The van der Waals surface area contributed by atoms with E-state index in [0.29, 0.717) is 30.2 Å². The van der Waals surface area contributed by atoms with Gasteiger partial charge in [0.15, 0.2) is 0 Å². The molecule has 4 nitrogen and oxygen atoms in total. The number of hydrogen-bond acceptors (Lipinski definition) is 2. The molecule has 1 aromatic rings. The number of aromatic nitrogens is 1. The summed E-state index contributed by atoms with van der Waals surface area (Å²) in [6.07, 6.45) is 0.584. The lowest BCUT2D eigenvalue weighted by Gasteiger charge is -2.18. The van der Waals surface area contributed by atoms with E-state index in [9.17, 15) is 9.90 Å². The fourth-order valence-corrected chi connectivity index (χ4v) is 2.12. The first-order valence-electron chi connectivity index (χ1n) is 4.95. The Balaban J connectivity index is 2.15. The smallest absolute Gasteiger partial charge is 0.270 e. The van der Waals surface area contributed by atoms with Crippen LogP contribution in [0.1, 0.15) is 23.8 Å². The lowest BCUT2D eigenvalue weighted by atomic mass is 10.1. The van der Waals surface area contributed by atoms with Crippen molar-refractivity contribution in [1.29, 1.82) is 0 Å². The normalized spacial score (nSPS) is 25.1. The molecule has 6 heteroatoms. The highest BCUT2D eigenvalue weighted by atomic mass is 35.5. The van der Waals surface area contributed by atoms with Crippen LogP contribution >= 0.6 is 23.2 Å². The van der Waals surface area contributed by atoms with Gasteiger partial charge in [-0.3, -0.25) is 4.79 Å². The minimum Gasteiger partial charge on any atom is -0.388 e. The van der Waals surface area contributed by atoms with Gasteiger partial charge >= 0.3 is 0 Å². The number of aliphatic hydroxyl groups is 1. The van der Waals surface area contributed by atoms with E-state index >= 15 is 0 Å². The van der Waals surface area contributed by atoms with Crippen molar-refractivity contribution in [2.24, 2.45) is 0 Å². The Labute approximate surface area is 103 Å². The predicted octanol–water partition coefficient (Wildman–Crippen LogP) is 1.92. The molecule has 1 aliphatic rings. The van der Waals surface area contributed by atoms with Gasteiger partial charge in [0.25, 0.3) is 5.91 Å². The number of halogens is 2. The van der Waals surface area contributed by atoms with Crippen LogP contribution in [0.2, 0.25) is 10.2 Å². The topological polar surface area (TPSA) is 56.3 Å². The molecule has 0 aromatic carbocycles. The number of hydrogen-bond donors (Lipinski definition) is 2. The third-order valence-electron chi connectivity index (χ3n) is 2.69. The number of rotatable bonds is 1. The number of H-pyrrole nitrogens is 1. The van der Waals surface area contributed by atoms with Crippen LogP contribution in [0.4, 0.5) is 0 Å². The summed E-state index contributed by atoms with van der Waals surface area (Å²) in [4.78, 5) is 16.3. The van der Waals surface area contributed by atoms with Gasteiger partial charge in [0.2, 0.25) is 0 Å². The largest absolute Gasteiger partial charge is 0.388 e. The second-order valence-corrected chi connectivity index (χ2v) is 5.10. The number of likely N-dealkylation sites (tertiary alicyclic amines) is 1. The van der Waals surface area contributed by atoms with Gasteiger partial charge in [-0.25, -0.2) is 0 Å². The van der Waals surface area contributed by atoms with Crippen molar-refractivity contribution in [1.82, 2.24) is 9.88 Å². The molecule has 88 valence electrons. The quantitative estimate of drug-likeness (QED) is 0.813. The summed E-state index contributed by atoms with van der Waals surface area (Å²) in [5.74, 6) is -0.188. The van der Waals surface area contributed by atoms with E-state index in [0.717, 1.165) is 0 Å². The van der Waals surface area contributed by atoms with Gasteiger partial charge < -0.3 is 15.0 Å². The molecule has 1 amide bonds. The number of carbonyl (C=O) groups is 1. The first-order valence-corrected chi connectivity index (χ1v) is 5.70. The van der Waals surface area contributed by atoms with Crippen molar-refractivity contribution in [3.8, 4) is 0 Å². The highest BCUT2D eigenvalue weighted by Crippen LogP contribution is 2.25. The maximum absolute atomic E-state index is 12.0. The highest BCUT2D eigenvalue weighted by molar-refractivity contribution is 6.41. The van der Waals surface area contributed by atoms with Gasteiger partial charge in [0, 0.05) is 13.1 Å². The minimum atomic E-state index is -0.796. The fourth-order valence-electron chi connectivity index (χ4n) is 1.81. The second-order valence-electron chi connectivity index (χ2n) is 4.32. The van der Waals surface area contributed by atoms with E-state index in [1.165, 1.54) is 6.07 Å². The van der Waals surface area contributed by atoms with Crippen molar-refractivity contribution in [3.05, 3.63) is 21.9 Å². The molecule has 1 fully saturated rings. The number of carbonyl (C=O) groups excluding carboxylic acids is 1. The first-order chi connectivity index (χ1) is 7.39. The van der Waals surface area contributed by atoms with Crippen LogP contribution in [-0.2, 0) is 0 Å². The van der Waals surface area contributed by atoms with E-state index in [-0.39, 0.29) is 11.1 Å². The Morgan fingerprint density at radius 1 is 1.62 bits per heavy atom. The average Bonchev–Trinajstić information content (AvgIpc) is 2.70. The molecule has 0 spiro atoms. The second kappa shape index (κ2) is 3.95. The Hall–Kier alpha value is -0.710. The average molecular weight is 263 g/mol. The number of aromatic amines is 1. The molecule has 2 rings (SSSR count). The predicted molar refractivity (Wildman–Crippen MR) is 62.0 cm³/mol. The molecule has 1 aromatic heterocycles. The van der Waals surface area contributed by atoms with Gasteiger partial charge in [0.05, 0.1) is 10.6 Å². The number of β-amino-alcohol motifs (C(OH)–C–C–N with tert-alkyl or cyclic N) is 1. The fraction of sp³-hybridized carbons (Fsp3) is 0.500. The molecule has 2 heterocycles. The lowest BCUT2D eigenvalue weighted by molar-refractivity contribution is 0.0569. The van der Waals surface area contributed by atoms with Crippen LogP contribution in [0.15, 0.2) is 6.07 Å². The number of nitrogens with zero attached hydrogens (tertiary/aromatic N) is 1. The SMILES string of the molecule is CC1(O)CCN(C(=O)c2cc(Cl)c(Cl)[nH]2)C1. The summed E-state index contributed by atoms with van der Waals surface area (Å²) in [5, 5.41) is 10.4. The molecule has 1 aliphatic heterocycles. The van der Waals surface area contributed by atoms with Crippen LogP contribution in [0, 0.1) is 0 Å². The number of amides is 1. The van der Waals surface area contributed by atoms with E-state index in [4.69, 9.17) is 23.2 Å². The maximum atomic E-state index is 12.0. The van der Waals surface area contributed by atoms with Gasteiger partial charge in [0.1, 0.15) is 10.8 Å². The van der Waals surface area contributed by atoms with Crippen LogP contribution in [0.25, 0.3) is 0 Å². The Morgan fingerprint density at radius 3 is 2.75 bits per heavy atom. The Bertz CT molecular complexity index is 409. The molecule has 0 bridgehead atoms. The van der Waals surface area contributed by atoms with Crippen molar-refractivity contribution in [2.75, 3.05) is 13.1 Å². The summed E-state index contributed by atoms with van der Waals surface area (Å²) in [6.45, 7) is 2.59. The van der Waals surface area contributed by atoms with Crippen molar-refractivity contribution in [2.45, 2.75) is 18.9 Å². The third kappa shape index (κ3) is 2.19. The van der Waals surface area contributed by atoms with Crippen molar-refractivity contribution < 1.29 is 9.90 Å². The first kappa shape index (κ1) is 11.8. The summed E-state index contributed by atoms with van der Waals surface area (Å²) in [7, 11) is 0. The van der Waals surface area contributed by atoms with Gasteiger partial charge in [-0.05, 0) is 19.4 Å². The lowest BCUT2D eigenvalue weighted by Crippen LogP contribution is -2.34. The van der Waals surface area contributed by atoms with Gasteiger partial charge in [-0.15, -0.1) is 0 Å². The molecule has 1 unspecified atom stereocenters. The van der Waals surface area contributed by atoms with Crippen LogP contribution < -0.4 is 0 Å². The zero-order valence-electron chi connectivity index (χ0n) is 8.76. The molecular formula is C10H12Cl2N2O2. The molecule has 0 radical (unpaired) electrons. The van der Waals surface area contributed by atoms with E-state index < -0.39 is 5.60 Å². The third-order valence-corrected chi connectivity index (χ3v) is 3.39. The van der Waals surface area contributed by atoms with Gasteiger partial charge in [-0.1, -0.05) is 23.2 Å². The van der Waals surface area contributed by atoms with Crippen molar-refractivity contribution in [3.63, 3.8) is 0 Å². The Kier molecular flexibility index (Phi) is 2.90. The van der Waals surface area contributed by atoms with E-state index in [1.807, 2.05) is 0 Å². The van der Waals surface area contributed by atoms with E-state index in [1.54, 1.807) is 11.8 Å². The molecule has 16 heavy (non-hydrogen) atoms. The van der Waals surface area contributed by atoms with Crippen LogP contribution in [0.5, 0.6) is 0 Å². The minimum absolute atomic E-state index is 0.188. The zero-order valence-corrected chi connectivity index (χ0v) is 10.3. The maximum Gasteiger partial charge on any atom is 0.270 e. The van der Waals surface area contributed by atoms with E-state index in [2.05, 4.69) is 4.98 Å². The Morgan fingerprint density at radius 2 is 2.31 bits per heavy atom. The van der Waals surface area contributed by atoms with Crippen LogP contribution in [0.3, 0.4) is 0 Å². The summed E-state index contributed by atoms with van der Waals surface area (Å²) in [6, 6.07) is 1.50.